The minimum absolute atomic E-state index is 0.141. The van der Waals surface area contributed by atoms with E-state index in [4.69, 9.17) is 0 Å². The number of anilines is 1. The molecule has 2 heteroatoms. The van der Waals surface area contributed by atoms with Gasteiger partial charge in [0.05, 0.1) is 0 Å². The Kier molecular flexibility index (Phi) is 3.60. The Morgan fingerprint density at radius 3 is 2.06 bits per heavy atom. The predicted molar refractivity (Wildman–Crippen MR) is 67.1 cm³/mol. The van der Waals surface area contributed by atoms with Gasteiger partial charge < -0.3 is 4.90 Å². The van der Waals surface area contributed by atoms with Gasteiger partial charge in [-0.3, -0.25) is 4.79 Å². The van der Waals surface area contributed by atoms with Crippen LogP contribution >= 0.6 is 0 Å². The highest BCUT2D eigenvalue weighted by Gasteiger charge is 2.09. The molecule has 1 aliphatic rings. The van der Waals surface area contributed by atoms with Crippen LogP contribution in [0.4, 0.5) is 5.69 Å². The molecule has 0 atom stereocenters. The van der Waals surface area contributed by atoms with Crippen molar-refractivity contribution in [3.63, 3.8) is 0 Å². The molecule has 1 aromatic rings. The van der Waals surface area contributed by atoms with Gasteiger partial charge in [-0.1, -0.05) is 12.8 Å². The van der Waals surface area contributed by atoms with Gasteiger partial charge in [0.1, 0.15) is 0 Å². The molecule has 1 aromatic carbocycles. The molecule has 0 N–H and O–H groups in total. The van der Waals surface area contributed by atoms with Crippen molar-refractivity contribution in [3.05, 3.63) is 29.8 Å². The molecule has 86 valence electrons. The number of hydrogen-bond acceptors (Lipinski definition) is 2. The summed E-state index contributed by atoms with van der Waals surface area (Å²) in [5, 5.41) is 0. The molecule has 0 saturated carbocycles. The average Bonchev–Trinajstić information content (AvgIpc) is 2.57. The Morgan fingerprint density at radius 2 is 1.56 bits per heavy atom. The maximum atomic E-state index is 11.2. The number of benzene rings is 1. The van der Waals surface area contributed by atoms with Gasteiger partial charge in [0.25, 0.3) is 0 Å². The molecule has 2 rings (SSSR count). The SMILES string of the molecule is CC(=O)c1ccc(N2CCCCCC2)cc1. The maximum absolute atomic E-state index is 11.2. The van der Waals surface area contributed by atoms with E-state index in [1.807, 2.05) is 12.1 Å². The number of rotatable bonds is 2. The lowest BCUT2D eigenvalue weighted by molar-refractivity contribution is 0.101. The summed E-state index contributed by atoms with van der Waals surface area (Å²) >= 11 is 0. The number of carbonyl (C=O) groups is 1. The van der Waals surface area contributed by atoms with E-state index in [0.29, 0.717) is 0 Å². The number of ketones is 1. The van der Waals surface area contributed by atoms with Crippen molar-refractivity contribution in [1.29, 1.82) is 0 Å². The van der Waals surface area contributed by atoms with E-state index in [9.17, 15) is 4.79 Å². The highest BCUT2D eigenvalue weighted by Crippen LogP contribution is 2.20. The molecule has 0 unspecified atom stereocenters. The summed E-state index contributed by atoms with van der Waals surface area (Å²) in [5.74, 6) is 0.141. The first-order chi connectivity index (χ1) is 7.77. The maximum Gasteiger partial charge on any atom is 0.159 e. The first-order valence-corrected chi connectivity index (χ1v) is 6.13. The summed E-state index contributed by atoms with van der Waals surface area (Å²) < 4.78 is 0. The Bertz CT molecular complexity index is 348. The van der Waals surface area contributed by atoms with Crippen molar-refractivity contribution in [3.8, 4) is 0 Å². The lowest BCUT2D eigenvalue weighted by atomic mass is 10.1. The van der Waals surface area contributed by atoms with E-state index >= 15 is 0 Å². The van der Waals surface area contributed by atoms with Crippen LogP contribution in [0.1, 0.15) is 43.0 Å². The van der Waals surface area contributed by atoms with Crippen LogP contribution in [0, 0.1) is 0 Å². The van der Waals surface area contributed by atoms with E-state index in [2.05, 4.69) is 17.0 Å². The fourth-order valence-corrected chi connectivity index (χ4v) is 2.24. The molecule has 0 amide bonds. The van der Waals surface area contributed by atoms with E-state index in [1.165, 1.54) is 31.4 Å². The van der Waals surface area contributed by atoms with Crippen LogP contribution in [0.25, 0.3) is 0 Å². The third kappa shape index (κ3) is 2.63. The standard InChI is InChI=1S/C14H19NO/c1-12(16)13-6-8-14(9-7-13)15-10-4-2-3-5-11-15/h6-9H,2-5,10-11H2,1H3. The first-order valence-electron chi connectivity index (χ1n) is 6.13. The number of hydrogen-bond donors (Lipinski definition) is 0. The van der Waals surface area contributed by atoms with Crippen molar-refractivity contribution < 1.29 is 4.79 Å². The van der Waals surface area contributed by atoms with Gasteiger partial charge in [-0.15, -0.1) is 0 Å². The molecular formula is C14H19NO. The molecule has 0 aromatic heterocycles. The molecule has 16 heavy (non-hydrogen) atoms. The van der Waals surface area contributed by atoms with E-state index < -0.39 is 0 Å². The molecule has 0 radical (unpaired) electrons. The van der Waals surface area contributed by atoms with Crippen LogP contribution in [-0.4, -0.2) is 18.9 Å². The topological polar surface area (TPSA) is 20.3 Å². The van der Waals surface area contributed by atoms with Gasteiger partial charge in [-0.2, -0.15) is 0 Å². The third-order valence-electron chi connectivity index (χ3n) is 3.25. The number of Topliss-reactive ketones (excluding diaryl/α,β-unsaturated/α-hetero) is 1. The molecular weight excluding hydrogens is 198 g/mol. The smallest absolute Gasteiger partial charge is 0.159 e. The minimum atomic E-state index is 0.141. The highest BCUT2D eigenvalue weighted by molar-refractivity contribution is 5.94. The van der Waals surface area contributed by atoms with Crippen LogP contribution in [0.2, 0.25) is 0 Å². The molecule has 0 aliphatic carbocycles. The second kappa shape index (κ2) is 5.15. The van der Waals surface area contributed by atoms with Crippen LogP contribution in [0.15, 0.2) is 24.3 Å². The van der Waals surface area contributed by atoms with Gasteiger partial charge in [0.2, 0.25) is 0 Å². The van der Waals surface area contributed by atoms with Crippen molar-refractivity contribution in [1.82, 2.24) is 0 Å². The van der Waals surface area contributed by atoms with Crippen LogP contribution in [0.3, 0.4) is 0 Å². The van der Waals surface area contributed by atoms with Crippen molar-refractivity contribution in [2.24, 2.45) is 0 Å². The number of carbonyl (C=O) groups excluding carboxylic acids is 1. The zero-order valence-corrected chi connectivity index (χ0v) is 9.91. The highest BCUT2D eigenvalue weighted by atomic mass is 16.1. The zero-order valence-electron chi connectivity index (χ0n) is 9.91. The summed E-state index contributed by atoms with van der Waals surface area (Å²) in [6.07, 6.45) is 5.27. The van der Waals surface area contributed by atoms with Gasteiger partial charge in [0.15, 0.2) is 5.78 Å². The summed E-state index contributed by atoms with van der Waals surface area (Å²) in [7, 11) is 0. The minimum Gasteiger partial charge on any atom is -0.372 e. The van der Waals surface area contributed by atoms with Crippen LogP contribution in [0.5, 0.6) is 0 Å². The van der Waals surface area contributed by atoms with Crippen LogP contribution < -0.4 is 4.90 Å². The molecule has 2 nitrogen and oxygen atoms in total. The Labute approximate surface area is 97.3 Å². The van der Waals surface area contributed by atoms with Gasteiger partial charge in [-0.25, -0.2) is 0 Å². The average molecular weight is 217 g/mol. The van der Waals surface area contributed by atoms with Crippen LogP contribution in [-0.2, 0) is 0 Å². The Balaban J connectivity index is 2.10. The fourth-order valence-electron chi connectivity index (χ4n) is 2.24. The lowest BCUT2D eigenvalue weighted by Gasteiger charge is -2.22. The van der Waals surface area contributed by atoms with Crippen molar-refractivity contribution >= 4 is 11.5 Å². The van der Waals surface area contributed by atoms with Gasteiger partial charge in [0, 0.05) is 24.3 Å². The molecule has 1 heterocycles. The van der Waals surface area contributed by atoms with Crippen molar-refractivity contribution in [2.45, 2.75) is 32.6 Å². The molecule has 1 fully saturated rings. The van der Waals surface area contributed by atoms with E-state index in [-0.39, 0.29) is 5.78 Å². The summed E-state index contributed by atoms with van der Waals surface area (Å²) in [5.41, 5.74) is 2.06. The quantitative estimate of drug-likeness (QED) is 0.709. The molecule has 1 saturated heterocycles. The predicted octanol–water partition coefficient (Wildman–Crippen LogP) is 3.27. The second-order valence-corrected chi connectivity index (χ2v) is 4.50. The van der Waals surface area contributed by atoms with Gasteiger partial charge in [-0.05, 0) is 44.0 Å². The van der Waals surface area contributed by atoms with Crippen molar-refractivity contribution in [2.75, 3.05) is 18.0 Å². The van der Waals surface area contributed by atoms with Gasteiger partial charge >= 0.3 is 0 Å². The molecule has 0 spiro atoms. The third-order valence-corrected chi connectivity index (χ3v) is 3.25. The monoisotopic (exact) mass is 217 g/mol. The fraction of sp³-hybridized carbons (Fsp3) is 0.500. The number of nitrogens with zero attached hydrogens (tertiary/aromatic N) is 1. The molecule has 0 bridgehead atoms. The first kappa shape index (κ1) is 11.2. The van der Waals surface area contributed by atoms with E-state index in [1.54, 1.807) is 6.92 Å². The Morgan fingerprint density at radius 1 is 1.00 bits per heavy atom. The largest absolute Gasteiger partial charge is 0.372 e. The Hall–Kier alpha value is -1.31. The normalized spacial score (nSPS) is 16.9. The summed E-state index contributed by atoms with van der Waals surface area (Å²) in [6.45, 7) is 3.92. The lowest BCUT2D eigenvalue weighted by Crippen LogP contribution is -2.23. The summed E-state index contributed by atoms with van der Waals surface area (Å²) in [6, 6.07) is 8.01. The second-order valence-electron chi connectivity index (χ2n) is 4.50. The van der Waals surface area contributed by atoms with E-state index in [0.717, 1.165) is 18.7 Å². The zero-order chi connectivity index (χ0) is 11.4. The summed E-state index contributed by atoms with van der Waals surface area (Å²) in [4.78, 5) is 13.6. The molecule has 1 aliphatic heterocycles.